The second-order valence-electron chi connectivity index (χ2n) is 1.37. The number of allylic oxidation sites excluding steroid dienone is 1. The van der Waals surface area contributed by atoms with E-state index in [0.717, 1.165) is 5.71 Å². The molecule has 0 aliphatic carbocycles. The van der Waals surface area contributed by atoms with Crippen molar-refractivity contribution < 1.29 is 0 Å². The van der Waals surface area contributed by atoms with E-state index in [1.807, 2.05) is 6.92 Å². The second kappa shape index (κ2) is 2.19. The third-order valence-corrected chi connectivity index (χ3v) is 0.702. The van der Waals surface area contributed by atoms with Crippen molar-refractivity contribution in [2.75, 3.05) is 0 Å². The van der Waals surface area contributed by atoms with Crippen molar-refractivity contribution in [3.63, 3.8) is 0 Å². The minimum atomic E-state index is 0.870. The Balaban J connectivity index is 2.94. The molecule has 0 bridgehead atoms. The molecule has 0 saturated heterocycles. The number of rotatable bonds is 0. The van der Waals surface area contributed by atoms with Crippen molar-refractivity contribution >= 4 is 17.9 Å². The molecule has 0 radical (unpaired) electrons. The van der Waals surface area contributed by atoms with Crippen molar-refractivity contribution in [2.45, 2.75) is 6.92 Å². The topological polar surface area (TPSA) is 37.1 Å². The third kappa shape index (κ3) is 1.13. The van der Waals surface area contributed by atoms with Gasteiger partial charge in [-0.2, -0.15) is 0 Å². The molecule has 0 aromatic heterocycles. The van der Waals surface area contributed by atoms with Crippen molar-refractivity contribution in [3.05, 3.63) is 6.08 Å². The average molecular weight is 107 g/mol. The predicted molar refractivity (Wildman–Crippen MR) is 33.6 cm³/mol. The Bertz CT molecular complexity index is 194. The van der Waals surface area contributed by atoms with Crippen LogP contribution >= 0.6 is 0 Å². The first-order valence-corrected chi connectivity index (χ1v) is 2.24. The maximum absolute atomic E-state index is 3.84. The van der Waals surface area contributed by atoms with Crippen LogP contribution in [0.2, 0.25) is 0 Å². The second-order valence-corrected chi connectivity index (χ2v) is 1.37. The molecule has 0 spiro atoms. The molecule has 1 heterocycles. The van der Waals surface area contributed by atoms with Gasteiger partial charge in [-0.05, 0) is 6.92 Å². The molecule has 3 heteroatoms. The predicted octanol–water partition coefficient (Wildman–Crippen LogP) is 0.630. The summed E-state index contributed by atoms with van der Waals surface area (Å²) in [5, 5.41) is 6.96. The molecular weight excluding hydrogens is 102 g/mol. The van der Waals surface area contributed by atoms with E-state index in [-0.39, 0.29) is 0 Å². The molecule has 0 N–H and O–H groups in total. The molecule has 8 heavy (non-hydrogen) atoms. The summed E-state index contributed by atoms with van der Waals surface area (Å²) in [5.41, 5.74) is 0.870. The van der Waals surface area contributed by atoms with Gasteiger partial charge in [0.05, 0.1) is 0 Å². The molecule has 3 nitrogen and oxygen atoms in total. The smallest absolute Gasteiger partial charge is 0.139 e. The highest BCUT2D eigenvalue weighted by Crippen LogP contribution is 1.79. The molecule has 0 aromatic carbocycles. The van der Waals surface area contributed by atoms with E-state index in [0.29, 0.717) is 0 Å². The lowest BCUT2D eigenvalue weighted by Gasteiger charge is -1.76. The molecule has 0 saturated carbocycles. The van der Waals surface area contributed by atoms with Gasteiger partial charge in [-0.3, -0.25) is 0 Å². The zero-order valence-electron chi connectivity index (χ0n) is 4.50. The van der Waals surface area contributed by atoms with Gasteiger partial charge < -0.3 is 0 Å². The summed E-state index contributed by atoms with van der Waals surface area (Å²) in [6.07, 6.45) is 3.07. The first kappa shape index (κ1) is 4.94. The average Bonchev–Trinajstić information content (AvgIpc) is 1.94. The molecule has 1 aliphatic rings. The lowest BCUT2D eigenvalue weighted by atomic mass is 10.4. The minimum absolute atomic E-state index is 0.870. The summed E-state index contributed by atoms with van der Waals surface area (Å²) < 4.78 is 0. The molecule has 0 aromatic rings. The maximum Gasteiger partial charge on any atom is 0.139 e. The Hall–Kier alpha value is -1.21. The lowest BCUT2D eigenvalue weighted by Crippen LogP contribution is -1.81. The summed E-state index contributed by atoms with van der Waals surface area (Å²) in [5.74, 6) is 2.57. The Morgan fingerprint density at radius 2 is 2.50 bits per heavy atom. The van der Waals surface area contributed by atoms with Crippen LogP contribution in [0, 0.1) is 0 Å². The van der Waals surface area contributed by atoms with Gasteiger partial charge in [-0.25, -0.2) is 4.99 Å². The Morgan fingerprint density at radius 3 is 3.38 bits per heavy atom. The summed E-state index contributed by atoms with van der Waals surface area (Å²) >= 11 is 0. The van der Waals surface area contributed by atoms with E-state index < -0.39 is 0 Å². The molecule has 1 rings (SSSR count). The van der Waals surface area contributed by atoms with Crippen LogP contribution in [0.3, 0.4) is 0 Å². The van der Waals surface area contributed by atoms with E-state index in [4.69, 9.17) is 0 Å². The summed E-state index contributed by atoms with van der Waals surface area (Å²) in [6.45, 7) is 1.86. The van der Waals surface area contributed by atoms with Gasteiger partial charge in [0.15, 0.2) is 0 Å². The van der Waals surface area contributed by atoms with Gasteiger partial charge in [0.25, 0.3) is 0 Å². The van der Waals surface area contributed by atoms with Crippen LogP contribution in [0.15, 0.2) is 21.3 Å². The van der Waals surface area contributed by atoms with Crippen LogP contribution in [0.25, 0.3) is 0 Å². The fraction of sp³-hybridized carbons (Fsp3) is 0.200. The van der Waals surface area contributed by atoms with Crippen molar-refractivity contribution in [3.8, 4) is 0 Å². The van der Waals surface area contributed by atoms with Gasteiger partial charge in [0.2, 0.25) is 0 Å². The summed E-state index contributed by atoms with van der Waals surface area (Å²) in [6, 6.07) is 0. The summed E-state index contributed by atoms with van der Waals surface area (Å²) in [7, 11) is 0. The van der Waals surface area contributed by atoms with E-state index in [1.165, 1.54) is 6.34 Å². The largest absolute Gasteiger partial charge is 0.239 e. The fourth-order valence-electron chi connectivity index (χ4n) is 0.336. The molecule has 0 atom stereocenters. The van der Waals surface area contributed by atoms with Gasteiger partial charge >= 0.3 is 0 Å². The molecule has 1 aliphatic heterocycles. The molecule has 0 amide bonds. The van der Waals surface area contributed by atoms with E-state index in [9.17, 15) is 0 Å². The standard InChI is InChI=1S/C5H5N3/c1-5-2-3-7-8-4-6-5/h2,4H,1H3. The molecule has 0 fully saturated rings. The van der Waals surface area contributed by atoms with Gasteiger partial charge in [-0.15, -0.1) is 10.2 Å². The summed E-state index contributed by atoms with van der Waals surface area (Å²) in [4.78, 5) is 3.84. The Morgan fingerprint density at radius 1 is 1.62 bits per heavy atom. The highest BCUT2D eigenvalue weighted by molar-refractivity contribution is 6.03. The van der Waals surface area contributed by atoms with Crippen LogP contribution in [0.4, 0.5) is 0 Å². The zero-order chi connectivity index (χ0) is 5.82. The van der Waals surface area contributed by atoms with E-state index in [1.54, 1.807) is 6.08 Å². The van der Waals surface area contributed by atoms with E-state index >= 15 is 0 Å². The highest BCUT2D eigenvalue weighted by atomic mass is 15.2. The van der Waals surface area contributed by atoms with Crippen molar-refractivity contribution in [1.29, 1.82) is 0 Å². The van der Waals surface area contributed by atoms with Gasteiger partial charge in [0, 0.05) is 17.7 Å². The van der Waals surface area contributed by atoms with Crippen LogP contribution < -0.4 is 0 Å². The Kier molecular flexibility index (Phi) is 1.35. The van der Waals surface area contributed by atoms with Crippen molar-refractivity contribution in [1.82, 2.24) is 0 Å². The molecule has 40 valence electrons. The fourth-order valence-corrected chi connectivity index (χ4v) is 0.336. The van der Waals surface area contributed by atoms with Crippen LogP contribution in [0.1, 0.15) is 6.92 Å². The van der Waals surface area contributed by atoms with Crippen LogP contribution in [-0.2, 0) is 0 Å². The number of hydrogen-bond donors (Lipinski definition) is 0. The maximum atomic E-state index is 3.84. The monoisotopic (exact) mass is 107 g/mol. The number of aliphatic imine (C=N–C) groups is 1. The van der Waals surface area contributed by atoms with Gasteiger partial charge in [-0.1, -0.05) is 0 Å². The van der Waals surface area contributed by atoms with Crippen LogP contribution in [0.5, 0.6) is 0 Å². The molecular formula is C5H5N3. The SMILES string of the molecule is CC1=NC=NN=C=C1. The van der Waals surface area contributed by atoms with E-state index in [2.05, 4.69) is 21.1 Å². The lowest BCUT2D eigenvalue weighted by molar-refractivity contribution is 1.27. The quantitative estimate of drug-likeness (QED) is 0.435. The first-order chi connectivity index (χ1) is 3.89. The van der Waals surface area contributed by atoms with Crippen LogP contribution in [-0.4, -0.2) is 17.9 Å². The third-order valence-electron chi connectivity index (χ3n) is 0.702. The zero-order valence-corrected chi connectivity index (χ0v) is 4.50. The normalized spacial score (nSPS) is 15.9. The number of nitrogens with zero attached hydrogens (tertiary/aromatic N) is 3. The van der Waals surface area contributed by atoms with Gasteiger partial charge in [0.1, 0.15) is 6.34 Å². The number of hydrogen-bond acceptors (Lipinski definition) is 3. The first-order valence-electron chi connectivity index (χ1n) is 2.24. The highest BCUT2D eigenvalue weighted by Gasteiger charge is 1.79. The minimum Gasteiger partial charge on any atom is -0.239 e. The molecule has 0 unspecified atom stereocenters. The Labute approximate surface area is 47.2 Å². The van der Waals surface area contributed by atoms with Crippen molar-refractivity contribution in [2.24, 2.45) is 15.2 Å².